The summed E-state index contributed by atoms with van der Waals surface area (Å²) in [5.74, 6) is 1.25. The zero-order valence-electron chi connectivity index (χ0n) is 13.4. The summed E-state index contributed by atoms with van der Waals surface area (Å²) >= 11 is 0. The van der Waals surface area contributed by atoms with Gasteiger partial charge in [0.05, 0.1) is 0 Å². The summed E-state index contributed by atoms with van der Waals surface area (Å²) in [4.78, 5) is 19.2. The zero-order valence-corrected chi connectivity index (χ0v) is 13.4. The molecule has 0 spiro atoms. The quantitative estimate of drug-likeness (QED) is 0.759. The SMILES string of the molecule is CCC(C)Cc1nc(Nc2ccccc2CN)c(C#N)c(=O)[nH]1. The first-order chi connectivity index (χ1) is 11.1. The van der Waals surface area contributed by atoms with Crippen molar-refractivity contribution in [3.8, 4) is 6.07 Å². The van der Waals surface area contributed by atoms with Gasteiger partial charge in [-0.3, -0.25) is 4.79 Å². The summed E-state index contributed by atoms with van der Waals surface area (Å²) in [5.41, 5.74) is 6.92. The fourth-order valence-electron chi connectivity index (χ4n) is 2.23. The maximum Gasteiger partial charge on any atom is 0.271 e. The molecule has 0 saturated carbocycles. The average molecular weight is 311 g/mol. The van der Waals surface area contributed by atoms with Crippen LogP contribution in [0.15, 0.2) is 29.1 Å². The molecule has 4 N–H and O–H groups in total. The van der Waals surface area contributed by atoms with Crippen molar-refractivity contribution in [2.24, 2.45) is 11.7 Å². The molecule has 0 bridgehead atoms. The Labute approximate surface area is 135 Å². The van der Waals surface area contributed by atoms with E-state index in [2.05, 4.69) is 29.1 Å². The first-order valence-electron chi connectivity index (χ1n) is 7.67. The number of para-hydroxylation sites is 1. The molecule has 1 unspecified atom stereocenters. The van der Waals surface area contributed by atoms with Gasteiger partial charge in [0.2, 0.25) is 0 Å². The van der Waals surface area contributed by atoms with Gasteiger partial charge in [-0.1, -0.05) is 38.5 Å². The molecular formula is C17H21N5O. The molecule has 0 aliphatic carbocycles. The molecule has 1 aromatic heterocycles. The number of nitrogens with two attached hydrogens (primary N) is 1. The van der Waals surface area contributed by atoms with Crippen molar-refractivity contribution in [3.05, 3.63) is 51.6 Å². The third kappa shape index (κ3) is 3.96. The minimum absolute atomic E-state index is 0.0234. The lowest BCUT2D eigenvalue weighted by Gasteiger charge is -2.13. The number of H-pyrrole nitrogens is 1. The van der Waals surface area contributed by atoms with Crippen LogP contribution in [-0.4, -0.2) is 9.97 Å². The summed E-state index contributed by atoms with van der Waals surface area (Å²) in [7, 11) is 0. The van der Waals surface area contributed by atoms with Crippen LogP contribution in [0.3, 0.4) is 0 Å². The molecule has 0 radical (unpaired) electrons. The van der Waals surface area contributed by atoms with E-state index in [1.165, 1.54) is 0 Å². The van der Waals surface area contributed by atoms with Crippen molar-refractivity contribution in [1.29, 1.82) is 5.26 Å². The Hall–Kier alpha value is -2.65. The fourth-order valence-corrected chi connectivity index (χ4v) is 2.23. The van der Waals surface area contributed by atoms with Crippen LogP contribution in [-0.2, 0) is 13.0 Å². The molecule has 2 aromatic rings. The van der Waals surface area contributed by atoms with E-state index < -0.39 is 5.56 Å². The number of nitriles is 1. The second kappa shape index (κ2) is 7.56. The summed E-state index contributed by atoms with van der Waals surface area (Å²) < 4.78 is 0. The third-order valence-electron chi connectivity index (χ3n) is 3.81. The van der Waals surface area contributed by atoms with Gasteiger partial charge in [0.15, 0.2) is 11.4 Å². The number of nitrogens with zero attached hydrogens (tertiary/aromatic N) is 2. The highest BCUT2D eigenvalue weighted by Crippen LogP contribution is 2.21. The molecule has 0 aliphatic heterocycles. The van der Waals surface area contributed by atoms with Gasteiger partial charge in [-0.25, -0.2) is 4.98 Å². The van der Waals surface area contributed by atoms with Gasteiger partial charge in [-0.05, 0) is 17.5 Å². The Morgan fingerprint density at radius 3 is 2.83 bits per heavy atom. The summed E-state index contributed by atoms with van der Waals surface area (Å²) in [6.45, 7) is 4.53. The minimum Gasteiger partial charge on any atom is -0.339 e. The van der Waals surface area contributed by atoms with E-state index in [1.54, 1.807) is 0 Å². The highest BCUT2D eigenvalue weighted by atomic mass is 16.1. The Kier molecular flexibility index (Phi) is 5.50. The molecule has 2 rings (SSSR count). The standard InChI is InChI=1S/C17H21N5O/c1-3-11(2)8-15-21-16(13(10-19)17(23)22-15)20-14-7-5-4-6-12(14)9-18/h4-7,11H,3,8-9,18H2,1-2H3,(H2,20,21,22,23). The van der Waals surface area contributed by atoms with Crippen LogP contribution < -0.4 is 16.6 Å². The topological polar surface area (TPSA) is 108 Å². The van der Waals surface area contributed by atoms with Crippen LogP contribution in [0.25, 0.3) is 0 Å². The predicted octanol–water partition coefficient (Wildman–Crippen LogP) is 2.43. The van der Waals surface area contributed by atoms with Crippen LogP contribution in [0.4, 0.5) is 11.5 Å². The summed E-state index contributed by atoms with van der Waals surface area (Å²) in [6, 6.07) is 9.40. The molecule has 6 nitrogen and oxygen atoms in total. The van der Waals surface area contributed by atoms with Gasteiger partial charge in [0.1, 0.15) is 11.9 Å². The number of nitrogens with one attached hydrogen (secondary N) is 2. The predicted molar refractivity (Wildman–Crippen MR) is 90.3 cm³/mol. The number of hydrogen-bond acceptors (Lipinski definition) is 5. The van der Waals surface area contributed by atoms with Crippen LogP contribution in [0, 0.1) is 17.2 Å². The lowest BCUT2D eigenvalue weighted by molar-refractivity contribution is 0.542. The normalized spacial score (nSPS) is 11.7. The van der Waals surface area contributed by atoms with Gasteiger partial charge in [0, 0.05) is 18.7 Å². The Bertz CT molecular complexity index is 775. The highest BCUT2D eigenvalue weighted by Gasteiger charge is 2.14. The Morgan fingerprint density at radius 2 is 2.17 bits per heavy atom. The molecule has 0 saturated heterocycles. The van der Waals surface area contributed by atoms with E-state index in [-0.39, 0.29) is 11.4 Å². The molecule has 0 amide bonds. The number of aromatic nitrogens is 2. The van der Waals surface area contributed by atoms with E-state index in [0.717, 1.165) is 17.7 Å². The van der Waals surface area contributed by atoms with E-state index in [4.69, 9.17) is 5.73 Å². The Morgan fingerprint density at radius 1 is 1.43 bits per heavy atom. The minimum atomic E-state index is -0.423. The zero-order chi connectivity index (χ0) is 16.8. The maximum atomic E-state index is 12.1. The number of aromatic amines is 1. The van der Waals surface area contributed by atoms with Gasteiger partial charge < -0.3 is 16.0 Å². The molecular weight excluding hydrogens is 290 g/mol. The number of benzene rings is 1. The smallest absolute Gasteiger partial charge is 0.271 e. The first kappa shape index (κ1) is 16.7. The van der Waals surface area contributed by atoms with Crippen LogP contribution in [0.5, 0.6) is 0 Å². The number of hydrogen-bond donors (Lipinski definition) is 3. The molecule has 0 fully saturated rings. The van der Waals surface area contributed by atoms with Gasteiger partial charge in [-0.2, -0.15) is 5.26 Å². The molecule has 0 aliphatic rings. The fraction of sp³-hybridized carbons (Fsp3) is 0.353. The van der Waals surface area contributed by atoms with Crippen molar-refractivity contribution >= 4 is 11.5 Å². The molecule has 120 valence electrons. The molecule has 1 aromatic carbocycles. The van der Waals surface area contributed by atoms with E-state index >= 15 is 0 Å². The molecule has 23 heavy (non-hydrogen) atoms. The van der Waals surface area contributed by atoms with Gasteiger partial charge >= 0.3 is 0 Å². The lowest BCUT2D eigenvalue weighted by Crippen LogP contribution is -2.19. The second-order valence-electron chi connectivity index (χ2n) is 5.55. The first-order valence-corrected chi connectivity index (χ1v) is 7.67. The molecule has 1 atom stereocenters. The van der Waals surface area contributed by atoms with Crippen LogP contribution in [0.1, 0.15) is 37.2 Å². The van der Waals surface area contributed by atoms with E-state index in [0.29, 0.717) is 24.7 Å². The third-order valence-corrected chi connectivity index (χ3v) is 3.81. The molecule has 1 heterocycles. The number of anilines is 2. The highest BCUT2D eigenvalue weighted by molar-refractivity contribution is 5.64. The summed E-state index contributed by atoms with van der Waals surface area (Å²) in [6.07, 6.45) is 1.65. The van der Waals surface area contributed by atoms with Crippen LogP contribution in [0.2, 0.25) is 0 Å². The molecule has 6 heteroatoms. The van der Waals surface area contributed by atoms with Crippen LogP contribution >= 0.6 is 0 Å². The van der Waals surface area contributed by atoms with Gasteiger partial charge in [0.25, 0.3) is 5.56 Å². The van der Waals surface area contributed by atoms with Crippen molar-refractivity contribution in [3.63, 3.8) is 0 Å². The number of rotatable bonds is 6. The summed E-state index contributed by atoms with van der Waals surface area (Å²) in [5, 5.41) is 12.3. The largest absolute Gasteiger partial charge is 0.339 e. The van der Waals surface area contributed by atoms with Crippen molar-refractivity contribution in [2.75, 3.05) is 5.32 Å². The second-order valence-corrected chi connectivity index (χ2v) is 5.55. The maximum absolute atomic E-state index is 12.1. The van der Waals surface area contributed by atoms with Crippen molar-refractivity contribution in [1.82, 2.24) is 9.97 Å². The van der Waals surface area contributed by atoms with Crippen molar-refractivity contribution in [2.45, 2.75) is 33.2 Å². The van der Waals surface area contributed by atoms with Crippen molar-refractivity contribution < 1.29 is 0 Å². The lowest BCUT2D eigenvalue weighted by atomic mass is 10.1. The van der Waals surface area contributed by atoms with E-state index in [1.807, 2.05) is 30.3 Å². The van der Waals surface area contributed by atoms with E-state index in [9.17, 15) is 10.1 Å². The average Bonchev–Trinajstić information content (AvgIpc) is 2.55. The Balaban J connectivity index is 2.43. The monoisotopic (exact) mass is 311 g/mol. The van der Waals surface area contributed by atoms with Gasteiger partial charge in [-0.15, -0.1) is 0 Å².